The van der Waals surface area contributed by atoms with Gasteiger partial charge in [0, 0.05) is 25.7 Å². The number of carbonyl (C=O) groups excluding carboxylic acids is 1. The number of rotatable bonds is 6. The van der Waals surface area contributed by atoms with Gasteiger partial charge >= 0.3 is 6.03 Å². The maximum Gasteiger partial charge on any atom is 0.321 e. The normalized spacial score (nSPS) is 17.1. The Morgan fingerprint density at radius 2 is 2.06 bits per heavy atom. The molecule has 1 aromatic heterocycles. The average molecular weight is 446 g/mol. The lowest BCUT2D eigenvalue weighted by Gasteiger charge is -2.33. The van der Waals surface area contributed by atoms with E-state index in [4.69, 9.17) is 4.74 Å². The largest absolute Gasteiger partial charge is 0.493 e. The number of piperidine rings is 1. The van der Waals surface area contributed by atoms with Gasteiger partial charge in [-0.3, -0.25) is 4.98 Å². The maximum atomic E-state index is 13.0. The summed E-state index contributed by atoms with van der Waals surface area (Å²) < 4.78 is 18.9. The first kappa shape index (κ1) is 22.5. The molecule has 1 atom stereocenters. The zero-order valence-electron chi connectivity index (χ0n) is 18.7. The quantitative estimate of drug-likeness (QED) is 0.522. The van der Waals surface area contributed by atoms with Gasteiger partial charge in [0.15, 0.2) is 0 Å². The van der Waals surface area contributed by atoms with Crippen molar-refractivity contribution in [2.75, 3.05) is 25.0 Å². The Hall–Kier alpha value is -3.67. The number of hydrogen-bond acceptors (Lipinski definition) is 3. The monoisotopic (exact) mass is 445 g/mol. The molecule has 0 radical (unpaired) electrons. The lowest BCUT2D eigenvalue weighted by atomic mass is 9.91. The van der Waals surface area contributed by atoms with Crippen molar-refractivity contribution in [2.24, 2.45) is 5.92 Å². The first-order valence-corrected chi connectivity index (χ1v) is 11.2. The summed E-state index contributed by atoms with van der Waals surface area (Å²) in [6.07, 6.45) is 7.08. The number of carbonyl (C=O) groups is 1. The van der Waals surface area contributed by atoms with E-state index in [-0.39, 0.29) is 17.8 Å². The number of aromatic nitrogens is 1. The third kappa shape index (κ3) is 6.42. The number of nitrogens with zero attached hydrogens (tertiary/aromatic N) is 2. The van der Waals surface area contributed by atoms with E-state index in [0.29, 0.717) is 25.4 Å². The molecule has 1 unspecified atom stereocenters. The summed E-state index contributed by atoms with van der Waals surface area (Å²) in [5, 5.41) is 2.91. The summed E-state index contributed by atoms with van der Waals surface area (Å²) in [4.78, 5) is 18.5. The van der Waals surface area contributed by atoms with Gasteiger partial charge in [-0.2, -0.15) is 0 Å². The Morgan fingerprint density at radius 1 is 1.21 bits per heavy atom. The Labute approximate surface area is 193 Å². The molecule has 0 saturated carbocycles. The lowest BCUT2D eigenvalue weighted by molar-refractivity contribution is 0.198. The molecule has 0 bridgehead atoms. The van der Waals surface area contributed by atoms with Crippen LogP contribution in [0.2, 0.25) is 0 Å². The van der Waals surface area contributed by atoms with E-state index in [1.54, 1.807) is 30.6 Å². The number of anilines is 1. The summed E-state index contributed by atoms with van der Waals surface area (Å²) in [5.41, 5.74) is 4.16. The van der Waals surface area contributed by atoms with E-state index < -0.39 is 0 Å². The number of urea groups is 1. The summed E-state index contributed by atoms with van der Waals surface area (Å²) in [6.45, 7) is 4.03. The molecule has 3 aromatic rings. The lowest BCUT2D eigenvalue weighted by Crippen LogP contribution is -2.42. The highest BCUT2D eigenvalue weighted by molar-refractivity contribution is 5.89. The molecular formula is C27H28FN3O2. The van der Waals surface area contributed by atoms with Crippen molar-refractivity contribution in [3.05, 3.63) is 95.6 Å². The van der Waals surface area contributed by atoms with Crippen LogP contribution in [0.5, 0.6) is 5.75 Å². The van der Waals surface area contributed by atoms with Crippen LogP contribution in [0.1, 0.15) is 24.5 Å². The SMILES string of the molecule is CC1CN(C(=O)Nc2cccnc2)CC/C1=C\c1cccc(OCCc2ccc(F)cc2)c1. The third-order valence-corrected chi connectivity index (χ3v) is 5.78. The Balaban J connectivity index is 1.31. The predicted octanol–water partition coefficient (Wildman–Crippen LogP) is 5.80. The van der Waals surface area contributed by atoms with Crippen LogP contribution in [-0.2, 0) is 6.42 Å². The fourth-order valence-electron chi connectivity index (χ4n) is 3.93. The number of likely N-dealkylation sites (tertiary alicyclic amines) is 1. The predicted molar refractivity (Wildman–Crippen MR) is 129 cm³/mol. The van der Waals surface area contributed by atoms with Crippen LogP contribution in [0.3, 0.4) is 0 Å². The molecule has 4 rings (SSSR count). The van der Waals surface area contributed by atoms with E-state index in [1.807, 2.05) is 29.2 Å². The van der Waals surface area contributed by atoms with Crippen molar-refractivity contribution < 1.29 is 13.9 Å². The number of hydrogen-bond donors (Lipinski definition) is 1. The van der Waals surface area contributed by atoms with Gasteiger partial charge in [-0.15, -0.1) is 0 Å². The second-order valence-corrected chi connectivity index (χ2v) is 8.29. The highest BCUT2D eigenvalue weighted by Crippen LogP contribution is 2.26. The second-order valence-electron chi connectivity index (χ2n) is 8.29. The molecule has 2 amide bonds. The highest BCUT2D eigenvalue weighted by atomic mass is 19.1. The van der Waals surface area contributed by atoms with E-state index in [2.05, 4.69) is 29.4 Å². The highest BCUT2D eigenvalue weighted by Gasteiger charge is 2.24. The molecule has 1 saturated heterocycles. The van der Waals surface area contributed by atoms with Gasteiger partial charge in [0.05, 0.1) is 18.5 Å². The summed E-state index contributed by atoms with van der Waals surface area (Å²) in [7, 11) is 0. The van der Waals surface area contributed by atoms with Gasteiger partial charge in [0.2, 0.25) is 0 Å². The third-order valence-electron chi connectivity index (χ3n) is 5.78. The van der Waals surface area contributed by atoms with Crippen LogP contribution in [0.4, 0.5) is 14.9 Å². The Bertz CT molecular complexity index is 1100. The van der Waals surface area contributed by atoms with Crippen LogP contribution >= 0.6 is 0 Å². The molecule has 1 N–H and O–H groups in total. The van der Waals surface area contributed by atoms with Crippen molar-refractivity contribution in [1.29, 1.82) is 0 Å². The van der Waals surface area contributed by atoms with Crippen molar-refractivity contribution >= 4 is 17.8 Å². The molecule has 0 spiro atoms. The standard InChI is InChI=1S/C27H28FN3O2/c1-20-19-31(27(32)30-25-5-3-13-29-18-25)14-11-23(20)16-22-4-2-6-26(17-22)33-15-12-21-7-9-24(28)10-8-21/h2-10,13,16-18,20H,11-12,14-15,19H2,1H3,(H,30,32)/b23-16+. The summed E-state index contributed by atoms with van der Waals surface area (Å²) in [5.74, 6) is 0.850. The molecule has 0 aliphatic carbocycles. The van der Waals surface area contributed by atoms with Crippen LogP contribution in [0, 0.1) is 11.7 Å². The molecule has 5 nitrogen and oxygen atoms in total. The van der Waals surface area contributed by atoms with Gasteiger partial charge in [0.25, 0.3) is 0 Å². The molecule has 2 aromatic carbocycles. The van der Waals surface area contributed by atoms with E-state index in [9.17, 15) is 9.18 Å². The number of halogens is 1. The zero-order valence-corrected chi connectivity index (χ0v) is 18.7. The van der Waals surface area contributed by atoms with E-state index in [1.165, 1.54) is 17.7 Å². The van der Waals surface area contributed by atoms with Crippen LogP contribution in [-0.4, -0.2) is 35.6 Å². The minimum absolute atomic E-state index is 0.0922. The Morgan fingerprint density at radius 3 is 2.82 bits per heavy atom. The minimum Gasteiger partial charge on any atom is -0.493 e. The topological polar surface area (TPSA) is 54.5 Å². The molecule has 1 fully saturated rings. The van der Waals surface area contributed by atoms with Crippen molar-refractivity contribution in [3.63, 3.8) is 0 Å². The molecule has 2 heterocycles. The first-order valence-electron chi connectivity index (χ1n) is 11.2. The minimum atomic E-state index is -0.227. The van der Waals surface area contributed by atoms with Gasteiger partial charge in [0.1, 0.15) is 11.6 Å². The number of benzene rings is 2. The maximum absolute atomic E-state index is 13.0. The fraction of sp³-hybridized carbons (Fsp3) is 0.259. The number of pyridine rings is 1. The molecule has 1 aliphatic heterocycles. The summed E-state index contributed by atoms with van der Waals surface area (Å²) >= 11 is 0. The molecular weight excluding hydrogens is 417 g/mol. The van der Waals surface area contributed by atoms with Crippen LogP contribution in [0.15, 0.2) is 78.6 Å². The molecule has 33 heavy (non-hydrogen) atoms. The second kappa shape index (κ2) is 10.8. The van der Waals surface area contributed by atoms with E-state index >= 15 is 0 Å². The number of ether oxygens (including phenoxy) is 1. The molecule has 6 heteroatoms. The van der Waals surface area contributed by atoms with Gasteiger partial charge < -0.3 is 15.0 Å². The Kier molecular flexibility index (Phi) is 7.35. The fourth-order valence-corrected chi connectivity index (χ4v) is 3.93. The smallest absolute Gasteiger partial charge is 0.321 e. The summed E-state index contributed by atoms with van der Waals surface area (Å²) in [6, 6.07) is 18.1. The van der Waals surface area contributed by atoms with Gasteiger partial charge in [-0.25, -0.2) is 9.18 Å². The van der Waals surface area contributed by atoms with Crippen molar-refractivity contribution in [1.82, 2.24) is 9.88 Å². The first-order chi connectivity index (χ1) is 16.1. The molecule has 1 aliphatic rings. The van der Waals surface area contributed by atoms with Crippen molar-refractivity contribution in [2.45, 2.75) is 19.8 Å². The zero-order chi connectivity index (χ0) is 23.0. The van der Waals surface area contributed by atoms with E-state index in [0.717, 1.165) is 29.7 Å². The van der Waals surface area contributed by atoms with Crippen LogP contribution in [0.25, 0.3) is 6.08 Å². The number of amides is 2. The van der Waals surface area contributed by atoms with Crippen molar-refractivity contribution in [3.8, 4) is 5.75 Å². The van der Waals surface area contributed by atoms with Gasteiger partial charge in [-0.05, 0) is 59.9 Å². The van der Waals surface area contributed by atoms with Crippen LogP contribution < -0.4 is 10.1 Å². The number of nitrogens with one attached hydrogen (secondary N) is 1. The molecule has 170 valence electrons. The average Bonchev–Trinajstić information content (AvgIpc) is 2.82. The van der Waals surface area contributed by atoms with Gasteiger partial charge in [-0.1, -0.05) is 42.8 Å².